The van der Waals surface area contributed by atoms with Crippen molar-refractivity contribution < 1.29 is 19.4 Å². The SMILES string of the molecule is C=CCOc1ccc(C2c3c(-c4cc(C)cc(C)c4O)n[nH]c3C(=O)N2Cc2ccc(C)cc2)cc1OC. The van der Waals surface area contributed by atoms with Gasteiger partial charge in [-0.25, -0.2) is 0 Å². The van der Waals surface area contributed by atoms with Crippen molar-refractivity contribution in [3.63, 3.8) is 0 Å². The number of nitrogens with one attached hydrogen (secondary N) is 1. The number of rotatable bonds is 8. The summed E-state index contributed by atoms with van der Waals surface area (Å²) in [5.41, 5.74) is 7.05. The van der Waals surface area contributed by atoms with Crippen molar-refractivity contribution in [2.24, 2.45) is 0 Å². The van der Waals surface area contributed by atoms with Crippen molar-refractivity contribution in [1.82, 2.24) is 15.1 Å². The maximum atomic E-state index is 13.8. The van der Waals surface area contributed by atoms with Crippen molar-refractivity contribution in [3.8, 4) is 28.5 Å². The molecule has 194 valence electrons. The molecule has 3 aromatic carbocycles. The molecule has 1 amide bonds. The Kier molecular flexibility index (Phi) is 6.68. The Bertz CT molecular complexity index is 1520. The molecule has 1 unspecified atom stereocenters. The number of aryl methyl sites for hydroxylation is 3. The summed E-state index contributed by atoms with van der Waals surface area (Å²) in [7, 11) is 1.59. The monoisotopic (exact) mass is 509 g/mol. The van der Waals surface area contributed by atoms with Gasteiger partial charge in [-0.1, -0.05) is 54.6 Å². The number of carbonyl (C=O) groups excluding carboxylic acids is 1. The number of aromatic nitrogens is 2. The van der Waals surface area contributed by atoms with Gasteiger partial charge in [0.05, 0.1) is 13.2 Å². The maximum Gasteiger partial charge on any atom is 0.273 e. The van der Waals surface area contributed by atoms with E-state index in [1.807, 2.05) is 80.3 Å². The molecule has 7 heteroatoms. The smallest absolute Gasteiger partial charge is 0.273 e. The van der Waals surface area contributed by atoms with Crippen LogP contribution in [0.4, 0.5) is 0 Å². The van der Waals surface area contributed by atoms with E-state index in [4.69, 9.17) is 9.47 Å². The molecule has 0 spiro atoms. The number of amides is 1. The first-order valence-corrected chi connectivity index (χ1v) is 12.5. The standard InChI is InChI=1S/C31H31N3O4/c1-6-13-38-24-12-11-22(16-25(24)37-5)29-26-27(23-15-19(3)14-20(4)30(23)35)32-33-28(26)31(36)34(29)17-21-9-7-18(2)8-10-21/h6-12,14-16,29,35H,1,13,17H2,2-5H3,(H,32,33). The number of phenolic OH excluding ortho intramolecular Hbond substituents is 1. The van der Waals surface area contributed by atoms with Crippen LogP contribution in [0, 0.1) is 20.8 Å². The minimum atomic E-state index is -0.463. The van der Waals surface area contributed by atoms with E-state index in [2.05, 4.69) is 16.8 Å². The van der Waals surface area contributed by atoms with E-state index in [-0.39, 0.29) is 11.7 Å². The summed E-state index contributed by atoms with van der Waals surface area (Å²) in [4.78, 5) is 15.6. The number of methoxy groups -OCH3 is 1. The summed E-state index contributed by atoms with van der Waals surface area (Å²) < 4.78 is 11.4. The molecular weight excluding hydrogens is 478 g/mol. The van der Waals surface area contributed by atoms with Crippen molar-refractivity contribution in [2.75, 3.05) is 13.7 Å². The highest BCUT2D eigenvalue weighted by atomic mass is 16.5. The molecule has 2 heterocycles. The van der Waals surface area contributed by atoms with Crippen LogP contribution in [0.15, 0.2) is 67.3 Å². The number of carbonyl (C=O) groups is 1. The Morgan fingerprint density at radius 2 is 1.82 bits per heavy atom. The molecule has 5 rings (SSSR count). The Balaban J connectivity index is 1.67. The van der Waals surface area contributed by atoms with Crippen molar-refractivity contribution in [3.05, 3.63) is 106 Å². The number of aromatic amines is 1. The van der Waals surface area contributed by atoms with Crippen LogP contribution in [0.25, 0.3) is 11.3 Å². The zero-order valence-electron chi connectivity index (χ0n) is 22.0. The molecule has 1 atom stereocenters. The van der Waals surface area contributed by atoms with Gasteiger partial charge in [0.25, 0.3) is 5.91 Å². The third-order valence-corrected chi connectivity index (χ3v) is 6.90. The van der Waals surface area contributed by atoms with E-state index in [9.17, 15) is 9.90 Å². The molecule has 4 aromatic rings. The summed E-state index contributed by atoms with van der Waals surface area (Å²) >= 11 is 0. The number of fused-ring (bicyclic) bond motifs is 1. The molecule has 0 bridgehead atoms. The number of hydrogen-bond acceptors (Lipinski definition) is 5. The Labute approximate surface area is 222 Å². The van der Waals surface area contributed by atoms with Gasteiger partial charge in [0.2, 0.25) is 0 Å². The van der Waals surface area contributed by atoms with Crippen LogP contribution in [-0.2, 0) is 6.54 Å². The zero-order valence-corrected chi connectivity index (χ0v) is 22.0. The fourth-order valence-corrected chi connectivity index (χ4v) is 5.06. The van der Waals surface area contributed by atoms with Gasteiger partial charge in [0, 0.05) is 17.7 Å². The molecule has 0 saturated carbocycles. The Morgan fingerprint density at radius 3 is 2.53 bits per heavy atom. The van der Waals surface area contributed by atoms with Crippen LogP contribution in [0.5, 0.6) is 17.2 Å². The quantitative estimate of drug-likeness (QED) is 0.283. The second kappa shape index (κ2) is 10.1. The Morgan fingerprint density at radius 1 is 1.05 bits per heavy atom. The summed E-state index contributed by atoms with van der Waals surface area (Å²) in [5, 5.41) is 18.5. The van der Waals surface area contributed by atoms with Crippen LogP contribution >= 0.6 is 0 Å². The largest absolute Gasteiger partial charge is 0.507 e. The second-order valence-electron chi connectivity index (χ2n) is 9.67. The lowest BCUT2D eigenvalue weighted by molar-refractivity contribution is 0.0730. The number of benzene rings is 3. The molecule has 1 aromatic heterocycles. The first-order valence-electron chi connectivity index (χ1n) is 12.5. The molecule has 0 saturated heterocycles. The van der Waals surface area contributed by atoms with Gasteiger partial charge in [0.15, 0.2) is 11.5 Å². The molecule has 0 aliphatic carbocycles. The van der Waals surface area contributed by atoms with E-state index in [0.717, 1.165) is 33.4 Å². The normalized spacial score (nSPS) is 14.5. The summed E-state index contributed by atoms with van der Waals surface area (Å²) in [5.74, 6) is 1.14. The first kappa shape index (κ1) is 25.1. The first-order chi connectivity index (χ1) is 18.3. The van der Waals surface area contributed by atoms with E-state index in [1.165, 1.54) is 0 Å². The molecule has 0 radical (unpaired) electrons. The topological polar surface area (TPSA) is 87.7 Å². The van der Waals surface area contributed by atoms with Gasteiger partial charge in [0.1, 0.15) is 23.7 Å². The van der Waals surface area contributed by atoms with Gasteiger partial charge >= 0.3 is 0 Å². The van der Waals surface area contributed by atoms with E-state index in [1.54, 1.807) is 13.2 Å². The lowest BCUT2D eigenvalue weighted by Crippen LogP contribution is -2.29. The number of ether oxygens (including phenoxy) is 2. The van der Waals surface area contributed by atoms with Gasteiger partial charge in [-0.3, -0.25) is 9.89 Å². The van der Waals surface area contributed by atoms with E-state index < -0.39 is 6.04 Å². The minimum Gasteiger partial charge on any atom is -0.507 e. The summed E-state index contributed by atoms with van der Waals surface area (Å²) in [6, 6.07) is 17.2. The summed E-state index contributed by atoms with van der Waals surface area (Å²) in [6.45, 7) is 10.3. The fourth-order valence-electron chi connectivity index (χ4n) is 5.06. The maximum absolute atomic E-state index is 13.8. The van der Waals surface area contributed by atoms with E-state index in [0.29, 0.717) is 41.6 Å². The molecular formula is C31H31N3O4. The highest BCUT2D eigenvalue weighted by Gasteiger charge is 2.43. The highest BCUT2D eigenvalue weighted by molar-refractivity contribution is 6.00. The van der Waals surface area contributed by atoms with Crippen LogP contribution < -0.4 is 9.47 Å². The average molecular weight is 510 g/mol. The third kappa shape index (κ3) is 4.41. The van der Waals surface area contributed by atoms with Gasteiger partial charge in [-0.2, -0.15) is 5.10 Å². The predicted molar refractivity (Wildman–Crippen MR) is 147 cm³/mol. The summed E-state index contributed by atoms with van der Waals surface area (Å²) in [6.07, 6.45) is 1.67. The fraction of sp³-hybridized carbons (Fsp3) is 0.226. The number of nitrogens with zero attached hydrogens (tertiary/aromatic N) is 2. The van der Waals surface area contributed by atoms with Gasteiger partial charge < -0.3 is 19.5 Å². The highest BCUT2D eigenvalue weighted by Crippen LogP contribution is 2.47. The van der Waals surface area contributed by atoms with Crippen LogP contribution in [-0.4, -0.2) is 39.8 Å². The van der Waals surface area contributed by atoms with Crippen LogP contribution in [0.3, 0.4) is 0 Å². The van der Waals surface area contributed by atoms with E-state index >= 15 is 0 Å². The Hall–Kier alpha value is -4.52. The third-order valence-electron chi connectivity index (χ3n) is 6.90. The predicted octanol–water partition coefficient (Wildman–Crippen LogP) is 6.03. The molecule has 2 N–H and O–H groups in total. The molecule has 1 aliphatic heterocycles. The van der Waals surface area contributed by atoms with Gasteiger partial charge in [-0.05, 0) is 61.2 Å². The number of hydrogen-bond donors (Lipinski definition) is 2. The number of phenols is 1. The molecule has 0 fully saturated rings. The number of H-pyrrole nitrogens is 1. The zero-order chi connectivity index (χ0) is 27.0. The van der Waals surface area contributed by atoms with Crippen LogP contribution in [0.1, 0.15) is 49.9 Å². The van der Waals surface area contributed by atoms with Gasteiger partial charge in [-0.15, -0.1) is 0 Å². The van der Waals surface area contributed by atoms with Crippen molar-refractivity contribution >= 4 is 5.91 Å². The van der Waals surface area contributed by atoms with Crippen molar-refractivity contribution in [1.29, 1.82) is 0 Å². The lowest BCUT2D eigenvalue weighted by atomic mass is 9.93. The number of aromatic hydroxyl groups is 1. The average Bonchev–Trinajstić information content (AvgIpc) is 3.45. The second-order valence-corrected chi connectivity index (χ2v) is 9.67. The van der Waals surface area contributed by atoms with Crippen molar-refractivity contribution in [2.45, 2.75) is 33.4 Å². The lowest BCUT2D eigenvalue weighted by Gasteiger charge is -2.27. The van der Waals surface area contributed by atoms with Crippen LogP contribution in [0.2, 0.25) is 0 Å². The molecule has 38 heavy (non-hydrogen) atoms. The molecule has 1 aliphatic rings. The molecule has 7 nitrogen and oxygen atoms in total. The minimum absolute atomic E-state index is 0.152.